The molecule has 0 fully saturated rings. The van der Waals surface area contributed by atoms with Crippen molar-refractivity contribution in [2.45, 2.75) is 13.5 Å². The molecule has 174 valence electrons. The van der Waals surface area contributed by atoms with Gasteiger partial charge in [-0.25, -0.2) is 0 Å². The molecule has 0 heterocycles. The normalized spacial score (nSPS) is 10.6. The van der Waals surface area contributed by atoms with Crippen molar-refractivity contribution < 1.29 is 23.7 Å². The molecule has 1 N–H and O–H groups in total. The molecule has 6 nitrogen and oxygen atoms in total. The van der Waals surface area contributed by atoms with Crippen LogP contribution in [0, 0.1) is 0 Å². The van der Waals surface area contributed by atoms with E-state index in [1.807, 2.05) is 43.3 Å². The van der Waals surface area contributed by atoms with Crippen molar-refractivity contribution >= 4 is 22.4 Å². The molecule has 0 spiro atoms. The lowest BCUT2D eigenvalue weighted by Crippen LogP contribution is -2.14. The Labute approximate surface area is 199 Å². The fourth-order valence-corrected chi connectivity index (χ4v) is 3.64. The minimum Gasteiger partial charge on any atom is -0.497 e. The van der Waals surface area contributed by atoms with Crippen LogP contribution in [0.25, 0.3) is 10.8 Å². The van der Waals surface area contributed by atoms with Gasteiger partial charge in [0.1, 0.15) is 29.6 Å². The SMILES string of the molecule is CCOc1ccc(C(=O)Nc2ccc(OC)cc2OC)cc1COc1ccc2ccccc2c1. The molecule has 0 saturated carbocycles. The first-order valence-electron chi connectivity index (χ1n) is 11.0. The molecule has 0 radical (unpaired) electrons. The van der Waals surface area contributed by atoms with E-state index in [0.717, 1.165) is 22.1 Å². The van der Waals surface area contributed by atoms with Crippen LogP contribution in [0.3, 0.4) is 0 Å². The summed E-state index contributed by atoms with van der Waals surface area (Å²) in [7, 11) is 3.12. The van der Waals surface area contributed by atoms with Crippen molar-refractivity contribution in [1.82, 2.24) is 0 Å². The second kappa shape index (κ2) is 10.6. The summed E-state index contributed by atoms with van der Waals surface area (Å²) in [4.78, 5) is 13.0. The average molecular weight is 458 g/mol. The number of anilines is 1. The number of benzene rings is 4. The van der Waals surface area contributed by atoms with Gasteiger partial charge in [-0.2, -0.15) is 0 Å². The van der Waals surface area contributed by atoms with Gasteiger partial charge in [0.05, 0.1) is 26.5 Å². The number of carbonyl (C=O) groups is 1. The quantitative estimate of drug-likeness (QED) is 0.330. The summed E-state index contributed by atoms with van der Waals surface area (Å²) in [6, 6.07) is 24.6. The minimum absolute atomic E-state index is 0.265. The van der Waals surface area contributed by atoms with E-state index in [0.29, 0.717) is 35.1 Å². The third-order valence-electron chi connectivity index (χ3n) is 5.39. The Morgan fingerprint density at radius 1 is 0.765 bits per heavy atom. The van der Waals surface area contributed by atoms with Gasteiger partial charge in [0.2, 0.25) is 0 Å². The molecule has 0 unspecified atom stereocenters. The van der Waals surface area contributed by atoms with Gasteiger partial charge < -0.3 is 24.3 Å². The fourth-order valence-electron chi connectivity index (χ4n) is 3.64. The van der Waals surface area contributed by atoms with E-state index in [-0.39, 0.29) is 12.5 Å². The third-order valence-corrected chi connectivity index (χ3v) is 5.39. The Morgan fingerprint density at radius 2 is 1.56 bits per heavy atom. The molecule has 4 aromatic rings. The van der Waals surface area contributed by atoms with Gasteiger partial charge >= 0.3 is 0 Å². The van der Waals surface area contributed by atoms with Crippen molar-refractivity contribution in [3.05, 3.63) is 90.0 Å². The average Bonchev–Trinajstić information content (AvgIpc) is 2.88. The monoisotopic (exact) mass is 457 g/mol. The van der Waals surface area contributed by atoms with E-state index in [9.17, 15) is 4.79 Å². The van der Waals surface area contributed by atoms with Crippen molar-refractivity contribution in [2.75, 3.05) is 26.1 Å². The molecule has 1 amide bonds. The first-order valence-corrected chi connectivity index (χ1v) is 11.0. The van der Waals surface area contributed by atoms with Crippen LogP contribution in [0.15, 0.2) is 78.9 Å². The number of methoxy groups -OCH3 is 2. The summed E-state index contributed by atoms with van der Waals surface area (Å²) in [5.41, 5.74) is 1.82. The molecule has 4 aromatic carbocycles. The summed E-state index contributed by atoms with van der Waals surface area (Å²) >= 11 is 0. The topological polar surface area (TPSA) is 66.0 Å². The number of carbonyl (C=O) groups excluding carboxylic acids is 1. The van der Waals surface area contributed by atoms with Gasteiger partial charge in [0.25, 0.3) is 5.91 Å². The smallest absolute Gasteiger partial charge is 0.255 e. The van der Waals surface area contributed by atoms with Gasteiger partial charge in [-0.1, -0.05) is 30.3 Å². The van der Waals surface area contributed by atoms with Crippen LogP contribution < -0.4 is 24.3 Å². The Kier molecular flexibility index (Phi) is 7.18. The van der Waals surface area contributed by atoms with Crippen LogP contribution in [0.1, 0.15) is 22.8 Å². The van der Waals surface area contributed by atoms with E-state index in [2.05, 4.69) is 11.4 Å². The van der Waals surface area contributed by atoms with Gasteiger partial charge in [-0.05, 0) is 60.2 Å². The van der Waals surface area contributed by atoms with E-state index >= 15 is 0 Å². The molecule has 6 heteroatoms. The Balaban J connectivity index is 1.54. The number of hydrogen-bond acceptors (Lipinski definition) is 5. The molecule has 0 saturated heterocycles. The standard InChI is InChI=1S/C28H27NO5/c1-4-33-26-14-10-21(28(30)29-25-13-12-23(31-2)17-27(25)32-3)15-22(26)18-34-24-11-9-19-7-5-6-8-20(19)16-24/h5-17H,4,18H2,1-3H3,(H,29,30). The van der Waals surface area contributed by atoms with Gasteiger partial charge in [0.15, 0.2) is 0 Å². The zero-order chi connectivity index (χ0) is 23.9. The number of fused-ring (bicyclic) bond motifs is 1. The molecule has 0 bridgehead atoms. The first kappa shape index (κ1) is 23.0. The van der Waals surface area contributed by atoms with Crippen molar-refractivity contribution in [2.24, 2.45) is 0 Å². The predicted octanol–water partition coefficient (Wildman–Crippen LogP) is 6.09. The molecule has 0 aliphatic carbocycles. The second-order valence-corrected chi connectivity index (χ2v) is 7.57. The van der Waals surface area contributed by atoms with Crippen LogP contribution in [0.5, 0.6) is 23.0 Å². The number of hydrogen-bond donors (Lipinski definition) is 1. The highest BCUT2D eigenvalue weighted by molar-refractivity contribution is 6.05. The van der Waals surface area contributed by atoms with Crippen molar-refractivity contribution in [3.63, 3.8) is 0 Å². The maximum atomic E-state index is 13.0. The lowest BCUT2D eigenvalue weighted by Gasteiger charge is -2.15. The van der Waals surface area contributed by atoms with E-state index in [1.54, 1.807) is 50.6 Å². The van der Waals surface area contributed by atoms with Crippen LogP contribution >= 0.6 is 0 Å². The first-order chi connectivity index (χ1) is 16.6. The molecule has 0 aliphatic rings. The minimum atomic E-state index is -0.265. The highest BCUT2D eigenvalue weighted by Crippen LogP contribution is 2.30. The maximum Gasteiger partial charge on any atom is 0.255 e. The molecule has 4 rings (SSSR count). The van der Waals surface area contributed by atoms with E-state index < -0.39 is 0 Å². The van der Waals surface area contributed by atoms with E-state index in [1.165, 1.54) is 0 Å². The largest absolute Gasteiger partial charge is 0.497 e. The highest BCUT2D eigenvalue weighted by atomic mass is 16.5. The Hall–Kier alpha value is -4.19. The zero-order valence-electron chi connectivity index (χ0n) is 19.5. The number of nitrogens with one attached hydrogen (secondary N) is 1. The maximum absolute atomic E-state index is 13.0. The summed E-state index contributed by atoms with van der Waals surface area (Å²) in [6.07, 6.45) is 0. The van der Waals surface area contributed by atoms with Crippen LogP contribution in [0.2, 0.25) is 0 Å². The van der Waals surface area contributed by atoms with Gasteiger partial charge in [0, 0.05) is 17.2 Å². The van der Waals surface area contributed by atoms with E-state index in [4.69, 9.17) is 18.9 Å². The van der Waals surface area contributed by atoms with Crippen LogP contribution in [-0.4, -0.2) is 26.7 Å². The van der Waals surface area contributed by atoms with Crippen molar-refractivity contribution in [1.29, 1.82) is 0 Å². The molecular formula is C28H27NO5. The van der Waals surface area contributed by atoms with Crippen molar-refractivity contribution in [3.8, 4) is 23.0 Å². The van der Waals surface area contributed by atoms with Crippen LogP contribution in [0.4, 0.5) is 5.69 Å². The number of ether oxygens (including phenoxy) is 4. The summed E-state index contributed by atoms with van der Waals surface area (Å²) in [5.74, 6) is 2.32. The Bertz CT molecular complexity index is 1300. The Morgan fingerprint density at radius 3 is 2.32 bits per heavy atom. The molecule has 34 heavy (non-hydrogen) atoms. The lowest BCUT2D eigenvalue weighted by molar-refractivity contribution is 0.102. The van der Waals surface area contributed by atoms with Gasteiger partial charge in [-0.15, -0.1) is 0 Å². The predicted molar refractivity (Wildman–Crippen MR) is 133 cm³/mol. The highest BCUT2D eigenvalue weighted by Gasteiger charge is 2.14. The summed E-state index contributed by atoms with van der Waals surface area (Å²) in [6.45, 7) is 2.70. The number of rotatable bonds is 9. The molecule has 0 atom stereocenters. The molecular weight excluding hydrogens is 430 g/mol. The molecule has 0 aromatic heterocycles. The summed E-state index contributed by atoms with van der Waals surface area (Å²) in [5, 5.41) is 5.15. The zero-order valence-corrected chi connectivity index (χ0v) is 19.5. The van der Waals surface area contributed by atoms with Gasteiger partial charge in [-0.3, -0.25) is 4.79 Å². The van der Waals surface area contributed by atoms with Crippen LogP contribution in [-0.2, 0) is 6.61 Å². The third kappa shape index (κ3) is 5.23. The number of amides is 1. The summed E-state index contributed by atoms with van der Waals surface area (Å²) < 4.78 is 22.4. The fraction of sp³-hybridized carbons (Fsp3) is 0.179. The second-order valence-electron chi connectivity index (χ2n) is 7.57. The molecule has 0 aliphatic heterocycles. The lowest BCUT2D eigenvalue weighted by atomic mass is 10.1.